The van der Waals surface area contributed by atoms with Crippen LogP contribution in [0.15, 0.2) is 34.8 Å². The summed E-state index contributed by atoms with van der Waals surface area (Å²) in [7, 11) is 0. The molecule has 2 aromatic carbocycles. The van der Waals surface area contributed by atoms with E-state index in [2.05, 4.69) is 21.2 Å². The monoisotopic (exact) mass is 337 g/mol. The van der Waals surface area contributed by atoms with Gasteiger partial charge in [-0.05, 0) is 65.2 Å². The van der Waals surface area contributed by atoms with Crippen LogP contribution < -0.4 is 5.32 Å². The van der Waals surface area contributed by atoms with Gasteiger partial charge in [0.1, 0.15) is 11.6 Å². The number of phenolic OH excluding ortho intramolecular Hbond substituents is 1. The molecule has 0 aliphatic carbocycles. The first-order valence-electron chi connectivity index (χ1n) is 5.95. The van der Waals surface area contributed by atoms with Crippen LogP contribution in [-0.4, -0.2) is 11.0 Å². The number of anilines is 1. The van der Waals surface area contributed by atoms with Crippen molar-refractivity contribution in [2.24, 2.45) is 0 Å². The van der Waals surface area contributed by atoms with Gasteiger partial charge in [0, 0.05) is 10.2 Å². The molecule has 0 aromatic heterocycles. The zero-order chi connectivity index (χ0) is 14.9. The van der Waals surface area contributed by atoms with E-state index in [1.165, 1.54) is 12.1 Å². The topological polar surface area (TPSA) is 49.3 Å². The quantitative estimate of drug-likeness (QED) is 0.808. The molecule has 104 valence electrons. The summed E-state index contributed by atoms with van der Waals surface area (Å²) in [5.74, 6) is -0.972. The van der Waals surface area contributed by atoms with Gasteiger partial charge < -0.3 is 10.4 Å². The second-order valence-corrected chi connectivity index (χ2v) is 5.36. The Bertz CT molecular complexity index is 666. The van der Waals surface area contributed by atoms with Gasteiger partial charge in [-0.25, -0.2) is 4.39 Å². The fourth-order valence-electron chi connectivity index (χ4n) is 1.84. The predicted molar refractivity (Wildman–Crippen MR) is 79.6 cm³/mol. The fourth-order valence-corrected chi connectivity index (χ4v) is 2.36. The van der Waals surface area contributed by atoms with E-state index in [0.717, 1.165) is 0 Å². The molecule has 0 aliphatic heterocycles. The number of halogens is 2. The Kier molecular flexibility index (Phi) is 4.09. The highest BCUT2D eigenvalue weighted by Gasteiger charge is 2.16. The maximum Gasteiger partial charge on any atom is 0.259 e. The summed E-state index contributed by atoms with van der Waals surface area (Å²) in [5.41, 5.74) is 1.84. The molecule has 0 fully saturated rings. The summed E-state index contributed by atoms with van der Waals surface area (Å²) in [4.78, 5) is 12.2. The predicted octanol–water partition coefficient (Wildman–Crippen LogP) is 4.16. The standard InChI is InChI=1S/C15H13BrFNO2/c1-8-7-13(19)9(2)6-12(8)18-15(20)14-10(16)4-3-5-11(14)17/h3-7,19H,1-2H3,(H,18,20). The van der Waals surface area contributed by atoms with Gasteiger partial charge in [-0.2, -0.15) is 0 Å². The number of carbonyl (C=O) groups excluding carboxylic acids is 1. The molecule has 2 aromatic rings. The van der Waals surface area contributed by atoms with Crippen molar-refractivity contribution in [3.63, 3.8) is 0 Å². The Morgan fingerprint density at radius 3 is 2.60 bits per heavy atom. The van der Waals surface area contributed by atoms with E-state index >= 15 is 0 Å². The molecule has 1 amide bonds. The Morgan fingerprint density at radius 2 is 1.95 bits per heavy atom. The van der Waals surface area contributed by atoms with Gasteiger partial charge in [0.2, 0.25) is 0 Å². The van der Waals surface area contributed by atoms with Gasteiger partial charge in [0.25, 0.3) is 5.91 Å². The molecule has 0 atom stereocenters. The van der Waals surface area contributed by atoms with Crippen LogP contribution in [0.25, 0.3) is 0 Å². The van der Waals surface area contributed by atoms with Crippen molar-refractivity contribution in [2.45, 2.75) is 13.8 Å². The normalized spacial score (nSPS) is 10.4. The van der Waals surface area contributed by atoms with E-state index in [4.69, 9.17) is 0 Å². The number of carbonyl (C=O) groups is 1. The highest BCUT2D eigenvalue weighted by atomic mass is 79.9. The van der Waals surface area contributed by atoms with Crippen molar-refractivity contribution in [3.05, 3.63) is 57.3 Å². The van der Waals surface area contributed by atoms with Crippen LogP contribution in [-0.2, 0) is 0 Å². The van der Waals surface area contributed by atoms with Crippen LogP contribution in [0.4, 0.5) is 10.1 Å². The number of aryl methyl sites for hydroxylation is 2. The zero-order valence-electron chi connectivity index (χ0n) is 11.0. The first kappa shape index (κ1) is 14.5. The Labute approximate surface area is 124 Å². The lowest BCUT2D eigenvalue weighted by Crippen LogP contribution is -2.15. The SMILES string of the molecule is Cc1cc(NC(=O)c2c(F)cccc2Br)c(C)cc1O. The second-order valence-electron chi connectivity index (χ2n) is 4.50. The lowest BCUT2D eigenvalue weighted by molar-refractivity contribution is 0.102. The van der Waals surface area contributed by atoms with Gasteiger partial charge in [-0.3, -0.25) is 4.79 Å². The molecule has 0 heterocycles. The van der Waals surface area contributed by atoms with E-state index < -0.39 is 11.7 Å². The molecule has 2 N–H and O–H groups in total. The fraction of sp³-hybridized carbons (Fsp3) is 0.133. The van der Waals surface area contributed by atoms with Crippen molar-refractivity contribution >= 4 is 27.5 Å². The summed E-state index contributed by atoms with van der Waals surface area (Å²) in [6, 6.07) is 7.56. The van der Waals surface area contributed by atoms with E-state index in [0.29, 0.717) is 21.3 Å². The van der Waals surface area contributed by atoms with E-state index in [1.807, 2.05) is 0 Å². The van der Waals surface area contributed by atoms with E-state index in [9.17, 15) is 14.3 Å². The van der Waals surface area contributed by atoms with Crippen LogP contribution in [0.2, 0.25) is 0 Å². The summed E-state index contributed by atoms with van der Waals surface area (Å²) < 4.78 is 14.1. The molecular weight excluding hydrogens is 325 g/mol. The summed E-state index contributed by atoms with van der Waals surface area (Å²) in [6.45, 7) is 3.48. The van der Waals surface area contributed by atoms with Crippen LogP contribution in [0.5, 0.6) is 5.75 Å². The van der Waals surface area contributed by atoms with Crippen LogP contribution in [0.3, 0.4) is 0 Å². The van der Waals surface area contributed by atoms with E-state index in [1.54, 1.807) is 32.0 Å². The molecule has 0 radical (unpaired) electrons. The number of rotatable bonds is 2. The molecule has 3 nitrogen and oxygen atoms in total. The number of nitrogens with one attached hydrogen (secondary N) is 1. The Balaban J connectivity index is 2.35. The smallest absolute Gasteiger partial charge is 0.259 e. The van der Waals surface area contributed by atoms with Crippen molar-refractivity contribution < 1.29 is 14.3 Å². The Hall–Kier alpha value is -1.88. The molecule has 0 saturated heterocycles. The van der Waals surface area contributed by atoms with Crippen LogP contribution in [0, 0.1) is 19.7 Å². The first-order valence-corrected chi connectivity index (χ1v) is 6.75. The number of phenols is 1. The average molecular weight is 338 g/mol. The summed E-state index contributed by atoms with van der Waals surface area (Å²) in [6.07, 6.45) is 0. The third-order valence-corrected chi connectivity index (χ3v) is 3.64. The molecule has 0 spiro atoms. The molecule has 2 rings (SSSR count). The molecule has 5 heteroatoms. The minimum absolute atomic E-state index is 0.0439. The number of aromatic hydroxyl groups is 1. The number of hydrogen-bond acceptors (Lipinski definition) is 2. The molecule has 0 aliphatic rings. The average Bonchev–Trinajstić information content (AvgIpc) is 2.35. The van der Waals surface area contributed by atoms with Crippen LogP contribution in [0.1, 0.15) is 21.5 Å². The van der Waals surface area contributed by atoms with Crippen molar-refractivity contribution in [3.8, 4) is 5.75 Å². The number of hydrogen-bond donors (Lipinski definition) is 2. The largest absolute Gasteiger partial charge is 0.508 e. The lowest BCUT2D eigenvalue weighted by Gasteiger charge is -2.12. The maximum atomic E-state index is 13.7. The summed E-state index contributed by atoms with van der Waals surface area (Å²) >= 11 is 3.16. The highest BCUT2D eigenvalue weighted by molar-refractivity contribution is 9.10. The zero-order valence-corrected chi connectivity index (χ0v) is 12.6. The lowest BCUT2D eigenvalue weighted by atomic mass is 10.1. The minimum atomic E-state index is -0.593. The Morgan fingerprint density at radius 1 is 1.25 bits per heavy atom. The maximum absolute atomic E-state index is 13.7. The molecule has 0 saturated carbocycles. The van der Waals surface area contributed by atoms with E-state index in [-0.39, 0.29) is 11.3 Å². The first-order chi connectivity index (χ1) is 9.40. The second kappa shape index (κ2) is 5.63. The summed E-state index contributed by atoms with van der Waals surface area (Å²) in [5, 5.41) is 12.2. The van der Waals surface area contributed by atoms with Crippen molar-refractivity contribution in [1.82, 2.24) is 0 Å². The molecule has 0 bridgehead atoms. The van der Waals surface area contributed by atoms with Gasteiger partial charge in [-0.15, -0.1) is 0 Å². The minimum Gasteiger partial charge on any atom is -0.508 e. The highest BCUT2D eigenvalue weighted by Crippen LogP contribution is 2.27. The van der Waals surface area contributed by atoms with Gasteiger partial charge in [-0.1, -0.05) is 6.07 Å². The molecule has 0 unspecified atom stereocenters. The number of amides is 1. The van der Waals surface area contributed by atoms with Crippen molar-refractivity contribution in [1.29, 1.82) is 0 Å². The third kappa shape index (κ3) is 2.82. The number of benzene rings is 2. The van der Waals surface area contributed by atoms with Crippen LogP contribution >= 0.6 is 15.9 Å². The third-order valence-electron chi connectivity index (χ3n) is 2.98. The molecular formula is C15H13BrFNO2. The molecule has 20 heavy (non-hydrogen) atoms. The van der Waals surface area contributed by atoms with Gasteiger partial charge in [0.15, 0.2) is 0 Å². The van der Waals surface area contributed by atoms with Crippen molar-refractivity contribution in [2.75, 3.05) is 5.32 Å². The van der Waals surface area contributed by atoms with Gasteiger partial charge in [0.05, 0.1) is 5.56 Å². The van der Waals surface area contributed by atoms with Gasteiger partial charge >= 0.3 is 0 Å².